The van der Waals surface area contributed by atoms with Crippen LogP contribution in [0, 0.1) is 0 Å². The largest absolute Gasteiger partial charge is 0.353 e. The molecule has 0 bridgehead atoms. The van der Waals surface area contributed by atoms with E-state index in [0.717, 1.165) is 12.6 Å². The van der Waals surface area contributed by atoms with E-state index in [-0.39, 0.29) is 5.91 Å². The van der Waals surface area contributed by atoms with Gasteiger partial charge < -0.3 is 10.6 Å². The molecule has 0 aromatic carbocycles. The van der Waals surface area contributed by atoms with Crippen molar-refractivity contribution in [2.75, 3.05) is 27.2 Å². The Morgan fingerprint density at radius 2 is 2.21 bits per heavy atom. The van der Waals surface area contributed by atoms with E-state index in [2.05, 4.69) is 29.5 Å². The van der Waals surface area contributed by atoms with E-state index in [1.807, 2.05) is 0 Å². The Bertz CT molecular complexity index is 192. The van der Waals surface area contributed by atoms with Crippen LogP contribution in [0.5, 0.6) is 0 Å². The second-order valence-electron chi connectivity index (χ2n) is 4.08. The molecule has 14 heavy (non-hydrogen) atoms. The molecule has 0 aromatic heterocycles. The number of amides is 1. The average Bonchev–Trinajstić information content (AvgIpc) is 2.96. The highest BCUT2D eigenvalue weighted by atomic mass is 16.1. The molecule has 0 radical (unpaired) electrons. The summed E-state index contributed by atoms with van der Waals surface area (Å²) in [4.78, 5) is 13.5. The molecular formula is C10H21N3O. The quantitative estimate of drug-likeness (QED) is 0.623. The molecule has 0 aliphatic heterocycles. The lowest BCUT2D eigenvalue weighted by molar-refractivity contribution is -0.120. The summed E-state index contributed by atoms with van der Waals surface area (Å²) >= 11 is 0. The first kappa shape index (κ1) is 11.5. The monoisotopic (exact) mass is 199 g/mol. The molecule has 82 valence electrons. The maximum absolute atomic E-state index is 11.2. The summed E-state index contributed by atoms with van der Waals surface area (Å²) in [6.45, 7) is 3.30. The number of likely N-dealkylation sites (N-methyl/N-ethyl adjacent to an activating group) is 2. The Labute approximate surface area is 86.0 Å². The van der Waals surface area contributed by atoms with Gasteiger partial charge in [0, 0.05) is 18.6 Å². The van der Waals surface area contributed by atoms with Crippen molar-refractivity contribution >= 4 is 5.91 Å². The van der Waals surface area contributed by atoms with Crippen molar-refractivity contribution in [3.8, 4) is 0 Å². The third-order valence-corrected chi connectivity index (χ3v) is 2.75. The molecule has 1 aliphatic rings. The third kappa shape index (κ3) is 3.64. The minimum Gasteiger partial charge on any atom is -0.353 e. The minimum atomic E-state index is 0.0727. The van der Waals surface area contributed by atoms with E-state index < -0.39 is 0 Å². The van der Waals surface area contributed by atoms with Crippen LogP contribution in [0.2, 0.25) is 0 Å². The number of rotatable bonds is 6. The van der Waals surface area contributed by atoms with Gasteiger partial charge in [0.1, 0.15) is 0 Å². The van der Waals surface area contributed by atoms with Gasteiger partial charge in [0.25, 0.3) is 0 Å². The van der Waals surface area contributed by atoms with Crippen LogP contribution >= 0.6 is 0 Å². The van der Waals surface area contributed by atoms with Crippen LogP contribution in [-0.2, 0) is 4.79 Å². The van der Waals surface area contributed by atoms with E-state index in [9.17, 15) is 4.79 Å². The van der Waals surface area contributed by atoms with Gasteiger partial charge in [-0.25, -0.2) is 0 Å². The predicted octanol–water partition coefficient (Wildman–Crippen LogP) is -0.195. The second kappa shape index (κ2) is 5.32. The number of carbonyl (C=O) groups excluding carboxylic acids is 1. The lowest BCUT2D eigenvalue weighted by Crippen LogP contribution is -2.43. The van der Waals surface area contributed by atoms with Crippen molar-refractivity contribution in [2.24, 2.45) is 0 Å². The standard InChI is InChI=1S/C10H21N3O/c1-8(13(3)9-4-5-9)6-12-10(14)7-11-2/h8-9,11H,4-7H2,1-3H3,(H,12,14). The van der Waals surface area contributed by atoms with Gasteiger partial charge in [-0.2, -0.15) is 0 Å². The van der Waals surface area contributed by atoms with Gasteiger partial charge in [0.15, 0.2) is 0 Å². The van der Waals surface area contributed by atoms with Gasteiger partial charge in [0.05, 0.1) is 6.54 Å². The Kier molecular flexibility index (Phi) is 4.35. The molecular weight excluding hydrogens is 178 g/mol. The highest BCUT2D eigenvalue weighted by Gasteiger charge is 2.28. The Balaban J connectivity index is 2.13. The van der Waals surface area contributed by atoms with Gasteiger partial charge in [-0.05, 0) is 33.9 Å². The lowest BCUT2D eigenvalue weighted by atomic mass is 10.3. The van der Waals surface area contributed by atoms with Crippen molar-refractivity contribution in [3.63, 3.8) is 0 Å². The maximum atomic E-state index is 11.2. The molecule has 0 aromatic rings. The van der Waals surface area contributed by atoms with Gasteiger partial charge in [-0.1, -0.05) is 0 Å². The fourth-order valence-corrected chi connectivity index (χ4v) is 1.47. The first-order chi connectivity index (χ1) is 6.65. The molecule has 1 amide bonds. The molecule has 0 saturated heterocycles. The lowest BCUT2D eigenvalue weighted by Gasteiger charge is -2.24. The maximum Gasteiger partial charge on any atom is 0.234 e. The molecule has 4 heteroatoms. The fourth-order valence-electron chi connectivity index (χ4n) is 1.47. The van der Waals surface area contributed by atoms with Crippen molar-refractivity contribution in [3.05, 3.63) is 0 Å². The van der Waals surface area contributed by atoms with Gasteiger partial charge in [-0.3, -0.25) is 9.69 Å². The summed E-state index contributed by atoms with van der Waals surface area (Å²) in [5, 5.41) is 5.73. The normalized spacial score (nSPS) is 18.3. The van der Waals surface area contributed by atoms with Crippen molar-refractivity contribution in [1.29, 1.82) is 0 Å². The van der Waals surface area contributed by atoms with E-state index in [1.165, 1.54) is 12.8 Å². The van der Waals surface area contributed by atoms with E-state index in [0.29, 0.717) is 12.6 Å². The van der Waals surface area contributed by atoms with Gasteiger partial charge in [0.2, 0.25) is 5.91 Å². The number of hydrogen-bond donors (Lipinski definition) is 2. The highest BCUT2D eigenvalue weighted by molar-refractivity contribution is 5.77. The van der Waals surface area contributed by atoms with E-state index in [4.69, 9.17) is 0 Å². The molecule has 1 fully saturated rings. The predicted molar refractivity (Wildman–Crippen MR) is 57.2 cm³/mol. The van der Waals surface area contributed by atoms with E-state index in [1.54, 1.807) is 7.05 Å². The third-order valence-electron chi connectivity index (χ3n) is 2.75. The van der Waals surface area contributed by atoms with Gasteiger partial charge in [-0.15, -0.1) is 0 Å². The minimum absolute atomic E-state index is 0.0727. The van der Waals surface area contributed by atoms with Gasteiger partial charge >= 0.3 is 0 Å². The van der Waals surface area contributed by atoms with Crippen LogP contribution in [0.15, 0.2) is 0 Å². The molecule has 1 rings (SSSR count). The topological polar surface area (TPSA) is 44.4 Å². The number of carbonyl (C=O) groups is 1. The number of nitrogens with one attached hydrogen (secondary N) is 2. The summed E-state index contributed by atoms with van der Waals surface area (Å²) in [5.41, 5.74) is 0. The van der Waals surface area contributed by atoms with Crippen molar-refractivity contribution in [1.82, 2.24) is 15.5 Å². The summed E-state index contributed by atoms with van der Waals surface area (Å²) in [5.74, 6) is 0.0727. The Hall–Kier alpha value is -0.610. The molecule has 1 unspecified atom stereocenters. The van der Waals surface area contributed by atoms with Crippen LogP contribution in [-0.4, -0.2) is 50.1 Å². The Morgan fingerprint density at radius 3 is 2.71 bits per heavy atom. The molecule has 1 aliphatic carbocycles. The Morgan fingerprint density at radius 1 is 1.57 bits per heavy atom. The first-order valence-electron chi connectivity index (χ1n) is 5.28. The molecule has 0 heterocycles. The van der Waals surface area contributed by atoms with E-state index >= 15 is 0 Å². The zero-order valence-corrected chi connectivity index (χ0v) is 9.34. The smallest absolute Gasteiger partial charge is 0.234 e. The molecule has 1 saturated carbocycles. The van der Waals surface area contributed by atoms with Crippen molar-refractivity contribution in [2.45, 2.75) is 31.8 Å². The molecule has 0 spiro atoms. The first-order valence-corrected chi connectivity index (χ1v) is 5.28. The summed E-state index contributed by atoms with van der Waals surface area (Å²) in [6.07, 6.45) is 2.62. The number of nitrogens with zero attached hydrogens (tertiary/aromatic N) is 1. The van der Waals surface area contributed by atoms with Crippen LogP contribution in [0.25, 0.3) is 0 Å². The van der Waals surface area contributed by atoms with Crippen LogP contribution in [0.4, 0.5) is 0 Å². The zero-order chi connectivity index (χ0) is 10.6. The van der Waals surface area contributed by atoms with Crippen molar-refractivity contribution < 1.29 is 4.79 Å². The van der Waals surface area contributed by atoms with Crippen LogP contribution in [0.1, 0.15) is 19.8 Å². The highest BCUT2D eigenvalue weighted by Crippen LogP contribution is 2.26. The fraction of sp³-hybridized carbons (Fsp3) is 0.900. The molecule has 4 nitrogen and oxygen atoms in total. The second-order valence-corrected chi connectivity index (χ2v) is 4.08. The summed E-state index contributed by atoms with van der Waals surface area (Å²) in [6, 6.07) is 1.19. The van der Waals surface area contributed by atoms with Crippen LogP contribution < -0.4 is 10.6 Å². The molecule has 2 N–H and O–H groups in total. The van der Waals surface area contributed by atoms with Crippen LogP contribution in [0.3, 0.4) is 0 Å². The number of hydrogen-bond acceptors (Lipinski definition) is 3. The summed E-state index contributed by atoms with van der Waals surface area (Å²) < 4.78 is 0. The summed E-state index contributed by atoms with van der Waals surface area (Å²) in [7, 11) is 3.91. The average molecular weight is 199 g/mol. The zero-order valence-electron chi connectivity index (χ0n) is 9.34. The molecule has 1 atom stereocenters. The SMILES string of the molecule is CNCC(=O)NCC(C)N(C)C1CC1.